The van der Waals surface area contributed by atoms with Gasteiger partial charge in [-0.25, -0.2) is 0 Å². The number of carbonyl (C=O) groups is 1. The summed E-state index contributed by atoms with van der Waals surface area (Å²) in [6.45, 7) is 8.60. The third kappa shape index (κ3) is 6.20. The number of aromatic nitrogens is 3. The highest BCUT2D eigenvalue weighted by atomic mass is 35.5. The molecular formula is C29H30Cl2N4OS. The molecular weight excluding hydrogens is 523 g/mol. The van der Waals surface area contributed by atoms with E-state index in [4.69, 9.17) is 23.2 Å². The Bertz CT molecular complexity index is 1400. The molecule has 1 heterocycles. The van der Waals surface area contributed by atoms with Crippen molar-refractivity contribution >= 4 is 46.6 Å². The number of carbonyl (C=O) groups excluding carboxylic acids is 1. The van der Waals surface area contributed by atoms with Gasteiger partial charge in [-0.15, -0.1) is 10.2 Å². The average molecular weight is 554 g/mol. The van der Waals surface area contributed by atoms with Crippen LogP contribution in [-0.4, -0.2) is 26.4 Å². The molecule has 4 aromatic rings. The minimum Gasteiger partial charge on any atom is -0.325 e. The van der Waals surface area contributed by atoms with Crippen molar-refractivity contribution in [3.8, 4) is 17.1 Å². The van der Waals surface area contributed by atoms with E-state index in [1.54, 1.807) is 12.1 Å². The fraction of sp³-hybridized carbons (Fsp3) is 0.276. The molecule has 8 heteroatoms. The molecule has 1 aromatic heterocycles. The summed E-state index contributed by atoms with van der Waals surface area (Å²) in [5, 5.41) is 13.7. The number of nitrogens with one attached hydrogen (secondary N) is 1. The van der Waals surface area contributed by atoms with E-state index in [1.165, 1.54) is 11.8 Å². The van der Waals surface area contributed by atoms with Gasteiger partial charge in [0.2, 0.25) is 5.91 Å². The first-order valence-corrected chi connectivity index (χ1v) is 14.1. The van der Waals surface area contributed by atoms with Crippen molar-refractivity contribution < 1.29 is 4.79 Å². The average Bonchev–Trinajstić information content (AvgIpc) is 3.30. The number of hydrogen-bond donors (Lipinski definition) is 1. The highest BCUT2D eigenvalue weighted by molar-refractivity contribution is 7.99. The Morgan fingerprint density at radius 1 is 0.973 bits per heavy atom. The zero-order valence-electron chi connectivity index (χ0n) is 21.3. The Hall–Kier alpha value is -2.80. The van der Waals surface area contributed by atoms with Crippen LogP contribution in [0, 0.1) is 0 Å². The van der Waals surface area contributed by atoms with Crippen molar-refractivity contribution in [2.75, 3.05) is 11.1 Å². The van der Waals surface area contributed by atoms with E-state index in [2.05, 4.69) is 55.3 Å². The van der Waals surface area contributed by atoms with Gasteiger partial charge in [0.1, 0.15) is 0 Å². The molecule has 0 aliphatic heterocycles. The summed E-state index contributed by atoms with van der Waals surface area (Å²) in [6, 6.07) is 21.4. The molecule has 0 aliphatic carbocycles. The summed E-state index contributed by atoms with van der Waals surface area (Å²) >= 11 is 14.1. The molecule has 0 radical (unpaired) electrons. The summed E-state index contributed by atoms with van der Waals surface area (Å²) in [5.41, 5.74) is 4.80. The molecule has 192 valence electrons. The van der Waals surface area contributed by atoms with Crippen molar-refractivity contribution in [1.29, 1.82) is 0 Å². The van der Waals surface area contributed by atoms with Crippen LogP contribution in [0.3, 0.4) is 0 Å². The third-order valence-corrected chi connectivity index (χ3v) is 7.79. The predicted molar refractivity (Wildman–Crippen MR) is 155 cm³/mol. The van der Waals surface area contributed by atoms with Crippen molar-refractivity contribution in [1.82, 2.24) is 14.8 Å². The van der Waals surface area contributed by atoms with Gasteiger partial charge >= 0.3 is 0 Å². The number of nitrogens with zero attached hydrogens (tertiary/aromatic N) is 3. The van der Waals surface area contributed by atoms with E-state index in [-0.39, 0.29) is 17.6 Å². The van der Waals surface area contributed by atoms with Crippen LogP contribution >= 0.6 is 35.0 Å². The van der Waals surface area contributed by atoms with Crippen LogP contribution < -0.4 is 5.32 Å². The zero-order chi connectivity index (χ0) is 26.5. The first-order valence-electron chi connectivity index (χ1n) is 12.3. The molecule has 0 spiro atoms. The van der Waals surface area contributed by atoms with Crippen LogP contribution in [0.1, 0.15) is 57.1 Å². The van der Waals surface area contributed by atoms with Gasteiger partial charge in [-0.3, -0.25) is 9.36 Å². The topological polar surface area (TPSA) is 59.8 Å². The molecule has 3 aromatic carbocycles. The number of halogens is 2. The molecule has 1 atom stereocenters. The highest BCUT2D eigenvalue weighted by Crippen LogP contribution is 2.36. The number of benzene rings is 3. The number of rotatable bonds is 9. The van der Waals surface area contributed by atoms with Gasteiger partial charge in [0, 0.05) is 16.3 Å². The van der Waals surface area contributed by atoms with E-state index in [0.29, 0.717) is 26.9 Å². The maximum absolute atomic E-state index is 13.0. The lowest BCUT2D eigenvalue weighted by Gasteiger charge is -2.17. The molecule has 1 amide bonds. The van der Waals surface area contributed by atoms with Gasteiger partial charge in [0.25, 0.3) is 0 Å². The maximum Gasteiger partial charge on any atom is 0.234 e. The summed E-state index contributed by atoms with van der Waals surface area (Å²) in [7, 11) is 0. The number of thioether (sulfide) groups is 1. The van der Waals surface area contributed by atoms with Gasteiger partial charge in [-0.05, 0) is 59.7 Å². The largest absolute Gasteiger partial charge is 0.325 e. The monoisotopic (exact) mass is 552 g/mol. The Morgan fingerprint density at radius 2 is 1.68 bits per heavy atom. The van der Waals surface area contributed by atoms with Crippen LogP contribution in [0.4, 0.5) is 5.69 Å². The molecule has 0 bridgehead atoms. The second-order valence-electron chi connectivity index (χ2n) is 9.21. The first-order chi connectivity index (χ1) is 17.8. The van der Waals surface area contributed by atoms with Crippen LogP contribution in [0.5, 0.6) is 0 Å². The molecule has 0 fully saturated rings. The Morgan fingerprint density at radius 3 is 2.38 bits per heavy atom. The lowest BCUT2D eigenvalue weighted by atomic mass is 9.97. The Kier molecular flexibility index (Phi) is 8.95. The van der Waals surface area contributed by atoms with E-state index < -0.39 is 0 Å². The molecule has 5 nitrogen and oxygen atoms in total. The first kappa shape index (κ1) is 27.2. The molecule has 0 aliphatic rings. The van der Waals surface area contributed by atoms with Gasteiger partial charge < -0.3 is 5.32 Å². The summed E-state index contributed by atoms with van der Waals surface area (Å²) in [5.74, 6) is 1.31. The van der Waals surface area contributed by atoms with Gasteiger partial charge in [0.05, 0.1) is 16.5 Å². The van der Waals surface area contributed by atoms with Gasteiger partial charge in [-0.1, -0.05) is 99.1 Å². The third-order valence-electron chi connectivity index (χ3n) is 6.32. The second-order valence-corrected chi connectivity index (χ2v) is 11.0. The molecule has 0 saturated carbocycles. The van der Waals surface area contributed by atoms with Gasteiger partial charge in [0.15, 0.2) is 11.0 Å². The Labute approximate surface area is 232 Å². The maximum atomic E-state index is 13.0. The second kappa shape index (κ2) is 12.2. The minimum absolute atomic E-state index is 0.0986. The predicted octanol–water partition coefficient (Wildman–Crippen LogP) is 8.61. The molecule has 37 heavy (non-hydrogen) atoms. The quantitative estimate of drug-likeness (QED) is 0.211. The van der Waals surface area contributed by atoms with Crippen LogP contribution in [-0.2, 0) is 4.79 Å². The summed E-state index contributed by atoms with van der Waals surface area (Å²) in [4.78, 5) is 13.0. The fourth-order valence-electron chi connectivity index (χ4n) is 4.18. The van der Waals surface area contributed by atoms with Crippen LogP contribution in [0.2, 0.25) is 10.0 Å². The summed E-state index contributed by atoms with van der Waals surface area (Å²) < 4.78 is 1.98. The normalized spacial score (nSPS) is 12.1. The van der Waals surface area contributed by atoms with Crippen molar-refractivity contribution in [3.05, 3.63) is 87.9 Å². The Balaban J connectivity index is 1.68. The number of amides is 1. The van der Waals surface area contributed by atoms with Crippen LogP contribution in [0.15, 0.2) is 71.9 Å². The van der Waals surface area contributed by atoms with E-state index in [1.807, 2.05) is 47.0 Å². The molecule has 1 N–H and O–H groups in total. The van der Waals surface area contributed by atoms with Crippen molar-refractivity contribution in [2.24, 2.45) is 0 Å². The lowest BCUT2D eigenvalue weighted by molar-refractivity contribution is -0.113. The van der Waals surface area contributed by atoms with Crippen molar-refractivity contribution in [2.45, 2.75) is 51.1 Å². The van der Waals surface area contributed by atoms with E-state index in [9.17, 15) is 4.79 Å². The summed E-state index contributed by atoms with van der Waals surface area (Å²) in [6.07, 6.45) is 0.996. The lowest BCUT2D eigenvalue weighted by Crippen LogP contribution is -2.16. The number of para-hydroxylation sites is 2. The van der Waals surface area contributed by atoms with Gasteiger partial charge in [-0.2, -0.15) is 0 Å². The smallest absolute Gasteiger partial charge is 0.234 e. The number of hydrogen-bond acceptors (Lipinski definition) is 4. The SMILES string of the molecule is CC[C@H](C)c1ccccc1NC(=O)CSc1nnc(-c2ccc(Cl)cc2Cl)n1-c1ccccc1C(C)C. The fourth-order valence-corrected chi connectivity index (χ4v) is 5.42. The minimum atomic E-state index is -0.0986. The standard InChI is InChI=1S/C29H30Cl2N4OS/c1-5-19(4)22-11-6-8-12-25(22)32-27(36)17-37-29-34-33-28(23-15-14-20(30)16-24(23)31)35(29)26-13-9-7-10-21(26)18(2)3/h6-16,18-19H,5,17H2,1-4H3,(H,32,36)/t19-/m0/s1. The zero-order valence-corrected chi connectivity index (χ0v) is 23.7. The van der Waals surface area contributed by atoms with E-state index >= 15 is 0 Å². The number of anilines is 1. The van der Waals surface area contributed by atoms with Crippen LogP contribution in [0.25, 0.3) is 17.1 Å². The van der Waals surface area contributed by atoms with Crippen molar-refractivity contribution in [3.63, 3.8) is 0 Å². The molecule has 0 unspecified atom stereocenters. The highest BCUT2D eigenvalue weighted by Gasteiger charge is 2.22. The molecule has 0 saturated heterocycles. The van der Waals surface area contributed by atoms with E-state index in [0.717, 1.165) is 34.5 Å². The molecule has 4 rings (SSSR count).